The molecule has 1 saturated heterocycles. The van der Waals surface area contributed by atoms with Gasteiger partial charge in [-0.05, 0) is 38.8 Å². The number of benzene rings is 1. The van der Waals surface area contributed by atoms with Gasteiger partial charge in [0, 0.05) is 24.7 Å². The molecule has 0 aliphatic carbocycles. The van der Waals surface area contributed by atoms with Gasteiger partial charge in [-0.2, -0.15) is 0 Å². The maximum atomic E-state index is 11.5. The normalized spacial score (nSPS) is 22.2. The third kappa shape index (κ3) is 3.45. The molecule has 23 heavy (non-hydrogen) atoms. The molecule has 5 heteroatoms. The van der Waals surface area contributed by atoms with Crippen molar-refractivity contribution in [3.05, 3.63) is 41.8 Å². The smallest absolute Gasteiger partial charge is 0.226 e. The topological polar surface area (TPSA) is 72.4 Å². The van der Waals surface area contributed by atoms with Crippen molar-refractivity contribution in [2.75, 3.05) is 6.54 Å². The minimum atomic E-state index is -0.205. The number of carbonyl (C=O) groups excluding carboxylic acids is 1. The number of rotatable bonds is 4. The Balaban J connectivity index is 1.77. The Labute approximate surface area is 136 Å². The maximum Gasteiger partial charge on any atom is 0.226 e. The Morgan fingerprint density at radius 2 is 2.09 bits per heavy atom. The minimum Gasteiger partial charge on any atom is -0.441 e. The minimum absolute atomic E-state index is 0.0630. The Kier molecular flexibility index (Phi) is 4.48. The summed E-state index contributed by atoms with van der Waals surface area (Å²) in [4.78, 5) is 18.4. The van der Waals surface area contributed by atoms with Crippen LogP contribution in [0.2, 0.25) is 0 Å². The van der Waals surface area contributed by atoms with E-state index in [2.05, 4.69) is 16.8 Å². The molecule has 2 aromatic rings. The molecule has 3 rings (SSSR count). The fraction of sp³-hybridized carbons (Fsp3) is 0.444. The van der Waals surface area contributed by atoms with E-state index in [4.69, 9.17) is 10.2 Å². The summed E-state index contributed by atoms with van der Waals surface area (Å²) in [7, 11) is 0. The first-order valence-corrected chi connectivity index (χ1v) is 8.09. The molecule has 0 radical (unpaired) electrons. The van der Waals surface area contributed by atoms with Crippen LogP contribution in [0.25, 0.3) is 11.5 Å². The van der Waals surface area contributed by atoms with Crippen LogP contribution in [0.15, 0.2) is 34.7 Å². The zero-order valence-electron chi connectivity index (χ0n) is 13.7. The van der Waals surface area contributed by atoms with Crippen LogP contribution in [-0.4, -0.2) is 28.4 Å². The summed E-state index contributed by atoms with van der Waals surface area (Å²) in [6, 6.07) is 10.3. The maximum absolute atomic E-state index is 11.5. The number of aryl methyl sites for hydroxylation is 1. The molecular formula is C18H23N3O2. The molecule has 1 aliphatic rings. The van der Waals surface area contributed by atoms with Gasteiger partial charge in [-0.3, -0.25) is 9.69 Å². The highest BCUT2D eigenvalue weighted by Gasteiger charge is 2.29. The Hall–Kier alpha value is -2.14. The van der Waals surface area contributed by atoms with Gasteiger partial charge < -0.3 is 10.2 Å². The van der Waals surface area contributed by atoms with Gasteiger partial charge >= 0.3 is 0 Å². The molecule has 2 unspecified atom stereocenters. The number of carbonyl (C=O) groups is 1. The van der Waals surface area contributed by atoms with Gasteiger partial charge in [-0.1, -0.05) is 18.2 Å². The molecular weight excluding hydrogens is 290 g/mol. The highest BCUT2D eigenvalue weighted by Crippen LogP contribution is 2.26. The number of hydrogen-bond acceptors (Lipinski definition) is 4. The molecule has 1 aromatic heterocycles. The van der Waals surface area contributed by atoms with E-state index in [0.29, 0.717) is 25.0 Å². The molecule has 1 amide bonds. The van der Waals surface area contributed by atoms with Gasteiger partial charge in [0.25, 0.3) is 0 Å². The lowest BCUT2D eigenvalue weighted by atomic mass is 9.93. The zero-order valence-corrected chi connectivity index (χ0v) is 13.7. The average molecular weight is 313 g/mol. The molecule has 2 N–H and O–H groups in total. The summed E-state index contributed by atoms with van der Waals surface area (Å²) in [5.41, 5.74) is 7.39. The van der Waals surface area contributed by atoms with Crippen LogP contribution in [0.5, 0.6) is 0 Å². The van der Waals surface area contributed by atoms with E-state index < -0.39 is 0 Å². The van der Waals surface area contributed by atoms with Crippen molar-refractivity contribution in [3.8, 4) is 11.5 Å². The molecule has 2 heterocycles. The third-order valence-electron chi connectivity index (χ3n) is 4.68. The predicted octanol–water partition coefficient (Wildman–Crippen LogP) is 2.74. The monoisotopic (exact) mass is 313 g/mol. The quantitative estimate of drug-likeness (QED) is 0.942. The molecule has 0 spiro atoms. The largest absolute Gasteiger partial charge is 0.441 e. The lowest BCUT2D eigenvalue weighted by Gasteiger charge is -2.36. The van der Waals surface area contributed by atoms with Gasteiger partial charge in [0.2, 0.25) is 11.8 Å². The summed E-state index contributed by atoms with van der Waals surface area (Å²) in [6.45, 7) is 5.51. The molecule has 5 nitrogen and oxygen atoms in total. The predicted molar refractivity (Wildman–Crippen MR) is 88.5 cm³/mol. The molecule has 1 aliphatic heterocycles. The summed E-state index contributed by atoms with van der Waals surface area (Å²) in [5, 5.41) is 0. The number of nitrogens with two attached hydrogens (primary N) is 1. The average Bonchev–Trinajstić information content (AvgIpc) is 2.91. The SMILES string of the molecule is Cc1oc(-c2ccccc2)nc1CN1CC(C(N)=O)CCC1C. The van der Waals surface area contributed by atoms with Gasteiger partial charge in [-0.15, -0.1) is 0 Å². The highest BCUT2D eigenvalue weighted by atomic mass is 16.4. The Morgan fingerprint density at radius 3 is 2.78 bits per heavy atom. The number of aromatic nitrogens is 1. The van der Waals surface area contributed by atoms with Crippen molar-refractivity contribution >= 4 is 5.91 Å². The number of nitrogens with zero attached hydrogens (tertiary/aromatic N) is 2. The first-order chi connectivity index (χ1) is 11.0. The van der Waals surface area contributed by atoms with Crippen molar-refractivity contribution in [3.63, 3.8) is 0 Å². The van der Waals surface area contributed by atoms with E-state index in [1.165, 1.54) is 0 Å². The number of primary amides is 1. The Bertz CT molecular complexity index is 681. The first-order valence-electron chi connectivity index (χ1n) is 8.09. The van der Waals surface area contributed by atoms with E-state index in [1.807, 2.05) is 37.3 Å². The number of piperidine rings is 1. The third-order valence-corrected chi connectivity index (χ3v) is 4.68. The van der Waals surface area contributed by atoms with E-state index in [1.54, 1.807) is 0 Å². The van der Waals surface area contributed by atoms with Crippen LogP contribution in [0, 0.1) is 12.8 Å². The van der Waals surface area contributed by atoms with E-state index in [9.17, 15) is 4.79 Å². The summed E-state index contributed by atoms with van der Waals surface area (Å²) >= 11 is 0. The van der Waals surface area contributed by atoms with Crippen LogP contribution in [0.1, 0.15) is 31.2 Å². The zero-order chi connectivity index (χ0) is 16.4. The van der Waals surface area contributed by atoms with Crippen LogP contribution in [-0.2, 0) is 11.3 Å². The van der Waals surface area contributed by atoms with Gasteiger partial charge in [0.15, 0.2) is 0 Å². The van der Waals surface area contributed by atoms with Gasteiger partial charge in [-0.25, -0.2) is 4.98 Å². The molecule has 122 valence electrons. The van der Waals surface area contributed by atoms with Crippen LogP contribution < -0.4 is 5.73 Å². The number of likely N-dealkylation sites (tertiary alicyclic amines) is 1. The van der Waals surface area contributed by atoms with Crippen molar-refractivity contribution in [2.45, 2.75) is 39.3 Å². The van der Waals surface area contributed by atoms with Gasteiger partial charge in [0.1, 0.15) is 5.76 Å². The van der Waals surface area contributed by atoms with E-state index in [0.717, 1.165) is 29.9 Å². The standard InChI is InChI=1S/C18H23N3O2/c1-12-8-9-15(17(19)22)10-21(12)11-16-13(2)23-18(20-16)14-6-4-3-5-7-14/h3-7,12,15H,8-11H2,1-2H3,(H2,19,22). The number of oxazole rings is 1. The van der Waals surface area contributed by atoms with Crippen molar-refractivity contribution < 1.29 is 9.21 Å². The molecule has 2 atom stereocenters. The number of hydrogen-bond donors (Lipinski definition) is 1. The molecule has 0 saturated carbocycles. The number of amides is 1. The fourth-order valence-corrected chi connectivity index (χ4v) is 3.10. The summed E-state index contributed by atoms with van der Waals surface area (Å²) in [5.74, 6) is 1.21. The lowest BCUT2D eigenvalue weighted by molar-refractivity contribution is -0.124. The van der Waals surface area contributed by atoms with E-state index in [-0.39, 0.29) is 11.8 Å². The van der Waals surface area contributed by atoms with Crippen molar-refractivity contribution in [2.24, 2.45) is 11.7 Å². The second-order valence-corrected chi connectivity index (χ2v) is 6.34. The van der Waals surface area contributed by atoms with Crippen molar-refractivity contribution in [1.29, 1.82) is 0 Å². The second-order valence-electron chi connectivity index (χ2n) is 6.34. The molecule has 1 aromatic carbocycles. The summed E-state index contributed by atoms with van der Waals surface area (Å²) in [6.07, 6.45) is 1.86. The Morgan fingerprint density at radius 1 is 1.35 bits per heavy atom. The first kappa shape index (κ1) is 15.7. The van der Waals surface area contributed by atoms with Crippen molar-refractivity contribution in [1.82, 2.24) is 9.88 Å². The fourth-order valence-electron chi connectivity index (χ4n) is 3.10. The van der Waals surface area contributed by atoms with Gasteiger partial charge in [0.05, 0.1) is 11.6 Å². The lowest BCUT2D eigenvalue weighted by Crippen LogP contribution is -2.45. The van der Waals surface area contributed by atoms with Crippen LogP contribution in [0.4, 0.5) is 0 Å². The second kappa shape index (κ2) is 6.54. The molecule has 1 fully saturated rings. The highest BCUT2D eigenvalue weighted by molar-refractivity contribution is 5.77. The van der Waals surface area contributed by atoms with E-state index >= 15 is 0 Å². The van der Waals surface area contributed by atoms with Crippen LogP contribution >= 0.6 is 0 Å². The molecule has 0 bridgehead atoms. The van der Waals surface area contributed by atoms with Crippen LogP contribution in [0.3, 0.4) is 0 Å². The summed E-state index contributed by atoms with van der Waals surface area (Å²) < 4.78 is 5.82.